The number of Topliss-reactive ketones (excluding diaryl/α,β-unsaturated/α-hetero) is 1. The van der Waals surface area contributed by atoms with E-state index in [1.165, 1.54) is 7.05 Å². The van der Waals surface area contributed by atoms with E-state index in [1.807, 2.05) is 0 Å². The lowest BCUT2D eigenvalue weighted by molar-refractivity contribution is -0.168. The Hall–Kier alpha value is -1.37. The van der Waals surface area contributed by atoms with Crippen molar-refractivity contribution in [2.45, 2.75) is 19.0 Å². The van der Waals surface area contributed by atoms with Crippen molar-refractivity contribution in [3.8, 4) is 0 Å². The van der Waals surface area contributed by atoms with Crippen LogP contribution in [0.25, 0.3) is 0 Å². The number of aromatic nitrogens is 2. The van der Waals surface area contributed by atoms with Gasteiger partial charge in [0.05, 0.1) is 17.2 Å². The first-order valence-electron chi connectivity index (χ1n) is 5.50. The minimum absolute atomic E-state index is 0.214. The second kappa shape index (κ2) is 3.20. The second-order valence-corrected chi connectivity index (χ2v) is 5.52. The molecule has 8 heteroatoms. The topological polar surface area (TPSA) is 52.0 Å². The number of ketones is 1. The van der Waals surface area contributed by atoms with E-state index in [-0.39, 0.29) is 23.4 Å². The van der Waals surface area contributed by atoms with Gasteiger partial charge in [0.1, 0.15) is 5.02 Å². The van der Waals surface area contributed by atoms with Crippen molar-refractivity contribution in [2.75, 3.05) is 0 Å². The first-order valence-corrected chi connectivity index (χ1v) is 5.87. The van der Waals surface area contributed by atoms with Crippen LogP contribution < -0.4 is 5.56 Å². The van der Waals surface area contributed by atoms with E-state index in [2.05, 4.69) is 5.10 Å². The molecule has 0 atom stereocenters. The van der Waals surface area contributed by atoms with E-state index in [4.69, 9.17) is 11.6 Å². The Morgan fingerprint density at radius 3 is 2.53 bits per heavy atom. The first-order chi connectivity index (χ1) is 8.66. The average molecular weight is 293 g/mol. The number of hydrogen-bond donors (Lipinski definition) is 0. The Kier molecular flexibility index (Phi) is 2.13. The fourth-order valence-corrected chi connectivity index (χ4v) is 2.92. The van der Waals surface area contributed by atoms with Crippen LogP contribution in [0.4, 0.5) is 13.2 Å². The monoisotopic (exact) mass is 292 g/mol. The number of nitrogens with zero attached hydrogens (tertiary/aromatic N) is 2. The number of hydrogen-bond acceptors (Lipinski definition) is 3. The lowest BCUT2D eigenvalue weighted by Gasteiger charge is -2.06. The molecule has 0 radical (unpaired) electrons. The molecule has 2 saturated carbocycles. The predicted molar refractivity (Wildman–Crippen MR) is 59.0 cm³/mol. The largest absolute Gasteiger partial charge is 0.395 e. The van der Waals surface area contributed by atoms with Crippen molar-refractivity contribution in [3.05, 3.63) is 27.1 Å². The van der Waals surface area contributed by atoms with Crippen LogP contribution in [0.2, 0.25) is 5.02 Å². The average Bonchev–Trinajstić information content (AvgIpc) is 3.10. The minimum atomic E-state index is -4.39. The van der Waals surface area contributed by atoms with Gasteiger partial charge in [-0.25, -0.2) is 4.68 Å². The van der Waals surface area contributed by atoms with Crippen LogP contribution in [-0.2, 0) is 7.05 Å². The van der Waals surface area contributed by atoms with Crippen LogP contribution in [0.5, 0.6) is 0 Å². The summed E-state index contributed by atoms with van der Waals surface area (Å²) in [5.41, 5.74) is -4.19. The molecule has 0 N–H and O–H groups in total. The second-order valence-electron chi connectivity index (χ2n) is 5.15. The molecule has 1 aromatic rings. The van der Waals surface area contributed by atoms with Gasteiger partial charge in [-0.1, -0.05) is 11.6 Å². The van der Waals surface area contributed by atoms with E-state index in [1.54, 1.807) is 0 Å². The number of carbonyl (C=O) groups is 1. The van der Waals surface area contributed by atoms with Crippen molar-refractivity contribution < 1.29 is 18.0 Å². The molecule has 1 heterocycles. The van der Waals surface area contributed by atoms with Crippen LogP contribution in [0.3, 0.4) is 0 Å². The van der Waals surface area contributed by atoms with Gasteiger partial charge in [-0.05, 0) is 12.8 Å². The van der Waals surface area contributed by atoms with E-state index < -0.39 is 28.3 Å². The van der Waals surface area contributed by atoms with Gasteiger partial charge >= 0.3 is 6.18 Å². The maximum atomic E-state index is 12.8. The van der Waals surface area contributed by atoms with Crippen LogP contribution >= 0.6 is 11.6 Å². The highest BCUT2D eigenvalue weighted by molar-refractivity contribution is 6.34. The molecule has 0 aliphatic heterocycles. The summed E-state index contributed by atoms with van der Waals surface area (Å²) in [6.45, 7) is 0. The van der Waals surface area contributed by atoms with Gasteiger partial charge in [-0.2, -0.15) is 18.3 Å². The molecule has 0 bridgehead atoms. The molecule has 0 spiro atoms. The van der Waals surface area contributed by atoms with Gasteiger partial charge in [-0.15, -0.1) is 0 Å². The summed E-state index contributed by atoms with van der Waals surface area (Å²) in [5.74, 6) is -0.722. The molecule has 19 heavy (non-hydrogen) atoms. The quantitative estimate of drug-likeness (QED) is 0.783. The summed E-state index contributed by atoms with van der Waals surface area (Å²) >= 11 is 5.73. The van der Waals surface area contributed by atoms with Crippen LogP contribution in [0.1, 0.15) is 23.2 Å². The van der Waals surface area contributed by atoms with E-state index in [0.717, 1.165) is 10.9 Å². The summed E-state index contributed by atoms with van der Waals surface area (Å²) in [6, 6.07) is 0. The number of alkyl halides is 3. The fraction of sp³-hybridized carbons (Fsp3) is 0.545. The Balaban J connectivity index is 1.98. The Labute approximate surface area is 110 Å². The molecular formula is C11H8ClF3N2O2. The lowest BCUT2D eigenvalue weighted by atomic mass is 10.0. The van der Waals surface area contributed by atoms with Crippen molar-refractivity contribution in [1.82, 2.24) is 9.78 Å². The fourth-order valence-electron chi connectivity index (χ4n) is 2.67. The highest BCUT2D eigenvalue weighted by atomic mass is 35.5. The molecule has 0 amide bonds. The maximum absolute atomic E-state index is 12.8. The van der Waals surface area contributed by atoms with Crippen molar-refractivity contribution in [2.24, 2.45) is 17.9 Å². The third-order valence-corrected chi connectivity index (χ3v) is 4.54. The predicted octanol–water partition coefficient (Wildman–Crippen LogP) is 1.96. The molecule has 0 saturated heterocycles. The van der Waals surface area contributed by atoms with E-state index in [0.29, 0.717) is 0 Å². The molecule has 4 nitrogen and oxygen atoms in total. The van der Waals surface area contributed by atoms with Crippen LogP contribution in [0, 0.1) is 10.8 Å². The number of rotatable bonds is 2. The molecule has 3 rings (SSSR count). The summed E-state index contributed by atoms with van der Waals surface area (Å²) < 4.78 is 39.2. The smallest absolute Gasteiger partial charge is 0.293 e. The molecule has 2 aliphatic rings. The van der Waals surface area contributed by atoms with Gasteiger partial charge < -0.3 is 0 Å². The SMILES string of the molecule is Cn1ncc(C(=O)C23CC2(C(F)(F)F)C3)c(Cl)c1=O. The van der Waals surface area contributed by atoms with E-state index in [9.17, 15) is 22.8 Å². The number of carbonyl (C=O) groups excluding carboxylic acids is 1. The number of halogens is 4. The van der Waals surface area contributed by atoms with Gasteiger partial charge in [0, 0.05) is 12.5 Å². The first kappa shape index (κ1) is 12.7. The number of aryl methyl sites for hydroxylation is 1. The number of fused-ring (bicyclic) bond motifs is 1. The van der Waals surface area contributed by atoms with Crippen LogP contribution in [-0.4, -0.2) is 21.7 Å². The Morgan fingerprint density at radius 1 is 1.47 bits per heavy atom. The maximum Gasteiger partial charge on any atom is 0.395 e. The van der Waals surface area contributed by atoms with Crippen LogP contribution in [0.15, 0.2) is 11.0 Å². The lowest BCUT2D eigenvalue weighted by Crippen LogP contribution is -2.24. The van der Waals surface area contributed by atoms with Gasteiger partial charge in [-0.3, -0.25) is 9.59 Å². The zero-order valence-electron chi connectivity index (χ0n) is 9.71. The van der Waals surface area contributed by atoms with Crippen molar-refractivity contribution in [1.29, 1.82) is 0 Å². The van der Waals surface area contributed by atoms with Crippen molar-refractivity contribution >= 4 is 17.4 Å². The molecule has 1 aromatic heterocycles. The minimum Gasteiger partial charge on any atom is -0.293 e. The summed E-state index contributed by atoms with van der Waals surface area (Å²) in [7, 11) is 1.34. The Morgan fingerprint density at radius 2 is 2.05 bits per heavy atom. The summed E-state index contributed by atoms with van der Waals surface area (Å²) in [5, 5.41) is 3.25. The standard InChI is InChI=1S/C11H8ClF3N2O2/c1-17-8(19)6(12)5(2-16-17)7(18)9-3-10(9,4-9)11(13,14)15/h2H,3-4H2,1H3. The van der Waals surface area contributed by atoms with Crippen molar-refractivity contribution in [3.63, 3.8) is 0 Å². The molecular weight excluding hydrogens is 285 g/mol. The molecule has 0 aromatic carbocycles. The molecule has 2 fully saturated rings. The molecule has 2 aliphatic carbocycles. The van der Waals surface area contributed by atoms with Gasteiger partial charge in [0.15, 0.2) is 5.78 Å². The molecule has 102 valence electrons. The normalized spacial score (nSPS) is 31.8. The highest BCUT2D eigenvalue weighted by Gasteiger charge is 2.96. The summed E-state index contributed by atoms with van der Waals surface area (Å²) in [4.78, 5) is 23.7. The highest BCUT2D eigenvalue weighted by Crippen LogP contribution is 2.91. The molecule has 0 unspecified atom stereocenters. The third-order valence-electron chi connectivity index (χ3n) is 4.17. The zero-order valence-corrected chi connectivity index (χ0v) is 10.5. The van der Waals surface area contributed by atoms with E-state index >= 15 is 0 Å². The van der Waals surface area contributed by atoms with Gasteiger partial charge in [0.2, 0.25) is 0 Å². The van der Waals surface area contributed by atoms with Gasteiger partial charge in [0.25, 0.3) is 5.56 Å². The third kappa shape index (κ3) is 1.34. The zero-order chi connectivity index (χ0) is 14.2. The summed E-state index contributed by atoms with van der Waals surface area (Å²) in [6.07, 6.45) is -3.76. The Bertz CT molecular complexity index is 659.